The molecule has 0 saturated heterocycles. The van der Waals surface area contributed by atoms with E-state index in [1.54, 1.807) is 23.6 Å². The highest BCUT2D eigenvalue weighted by atomic mass is 32.2. The third-order valence-corrected chi connectivity index (χ3v) is 6.94. The Kier molecular flexibility index (Phi) is 6.23. The Hall–Kier alpha value is -2.46. The second kappa shape index (κ2) is 8.50. The van der Waals surface area contributed by atoms with Crippen LogP contribution in [0.1, 0.15) is 43.6 Å². The average Bonchev–Trinajstić information content (AvgIpc) is 2.84. The van der Waals surface area contributed by atoms with Crippen LogP contribution in [-0.4, -0.2) is 47.1 Å². The summed E-state index contributed by atoms with van der Waals surface area (Å²) >= 11 is 0. The van der Waals surface area contributed by atoms with Gasteiger partial charge in [-0.15, -0.1) is 0 Å². The standard InChI is InChI=1S/C19H27N5O4S/c1-14(15-8-10-16(11-9-15)29(27,28)22(2)3)20-18(25)13-24-19(26)23-12-6-4-5-7-17(23)21-24/h8-11,14H,4-7,12-13H2,1-3H3,(H,20,25). The molecule has 1 atom stereocenters. The molecule has 0 radical (unpaired) electrons. The summed E-state index contributed by atoms with van der Waals surface area (Å²) in [5.41, 5.74) is 0.520. The number of benzene rings is 1. The van der Waals surface area contributed by atoms with Crippen LogP contribution in [0.3, 0.4) is 0 Å². The number of hydrogen-bond acceptors (Lipinski definition) is 5. The van der Waals surface area contributed by atoms with Gasteiger partial charge in [-0.05, 0) is 37.5 Å². The number of rotatable bonds is 6. The van der Waals surface area contributed by atoms with E-state index >= 15 is 0 Å². The Labute approximate surface area is 170 Å². The maximum atomic E-state index is 12.5. The van der Waals surface area contributed by atoms with Crippen LogP contribution in [-0.2, 0) is 34.3 Å². The van der Waals surface area contributed by atoms with Gasteiger partial charge >= 0.3 is 5.69 Å². The van der Waals surface area contributed by atoms with E-state index < -0.39 is 10.0 Å². The number of nitrogens with zero attached hydrogens (tertiary/aromatic N) is 4. The zero-order chi connectivity index (χ0) is 21.2. The number of hydrogen-bond donors (Lipinski definition) is 1. The molecule has 1 amide bonds. The molecule has 9 nitrogen and oxygen atoms in total. The van der Waals surface area contributed by atoms with Crippen LogP contribution < -0.4 is 11.0 Å². The van der Waals surface area contributed by atoms with Crippen LogP contribution in [0.5, 0.6) is 0 Å². The van der Waals surface area contributed by atoms with E-state index in [-0.39, 0.29) is 29.1 Å². The first-order valence-corrected chi connectivity index (χ1v) is 11.1. The molecule has 1 aromatic heterocycles. The fourth-order valence-electron chi connectivity index (χ4n) is 3.37. The molecule has 10 heteroatoms. The SMILES string of the molecule is CC(NC(=O)Cn1nc2n(c1=O)CCCCC2)c1ccc(S(=O)(=O)N(C)C)cc1. The summed E-state index contributed by atoms with van der Waals surface area (Å²) in [6.45, 7) is 2.31. The Morgan fingerprint density at radius 3 is 2.55 bits per heavy atom. The molecular formula is C19H27N5O4S. The van der Waals surface area contributed by atoms with Crippen molar-refractivity contribution in [2.45, 2.75) is 56.6 Å². The predicted molar refractivity (Wildman–Crippen MR) is 108 cm³/mol. The van der Waals surface area contributed by atoms with Crippen LogP contribution in [0.2, 0.25) is 0 Å². The van der Waals surface area contributed by atoms with Crippen LogP contribution in [0.15, 0.2) is 34.0 Å². The number of carbonyl (C=O) groups excluding carboxylic acids is 1. The zero-order valence-electron chi connectivity index (χ0n) is 17.0. The molecule has 0 saturated carbocycles. The quantitative estimate of drug-likeness (QED) is 0.746. The van der Waals surface area contributed by atoms with E-state index in [9.17, 15) is 18.0 Å². The third kappa shape index (κ3) is 4.59. The van der Waals surface area contributed by atoms with Crippen molar-refractivity contribution >= 4 is 15.9 Å². The van der Waals surface area contributed by atoms with Crippen molar-refractivity contribution in [2.24, 2.45) is 0 Å². The number of amides is 1. The predicted octanol–water partition coefficient (Wildman–Crippen LogP) is 0.899. The summed E-state index contributed by atoms with van der Waals surface area (Å²) in [7, 11) is -0.543. The van der Waals surface area contributed by atoms with E-state index in [1.165, 1.54) is 30.9 Å². The average molecular weight is 422 g/mol. The Balaban J connectivity index is 1.66. The molecule has 1 aromatic carbocycles. The molecule has 0 bridgehead atoms. The molecule has 29 heavy (non-hydrogen) atoms. The molecule has 158 valence electrons. The highest BCUT2D eigenvalue weighted by molar-refractivity contribution is 7.89. The first kappa shape index (κ1) is 21.3. The lowest BCUT2D eigenvalue weighted by atomic mass is 10.1. The third-order valence-electron chi connectivity index (χ3n) is 5.11. The Bertz CT molecular complexity index is 1040. The maximum absolute atomic E-state index is 12.5. The first-order valence-electron chi connectivity index (χ1n) is 9.68. The van der Waals surface area contributed by atoms with Crippen molar-refractivity contribution in [2.75, 3.05) is 14.1 Å². The van der Waals surface area contributed by atoms with E-state index in [0.717, 1.165) is 41.4 Å². The Morgan fingerprint density at radius 2 is 1.90 bits per heavy atom. The molecule has 0 aliphatic carbocycles. The van der Waals surface area contributed by atoms with E-state index in [2.05, 4.69) is 10.4 Å². The van der Waals surface area contributed by atoms with Gasteiger partial charge in [0, 0.05) is 27.1 Å². The van der Waals surface area contributed by atoms with Crippen molar-refractivity contribution in [3.63, 3.8) is 0 Å². The summed E-state index contributed by atoms with van der Waals surface area (Å²) in [5, 5.41) is 7.16. The number of aryl methyl sites for hydroxylation is 1. The van der Waals surface area contributed by atoms with Crippen LogP contribution in [0, 0.1) is 0 Å². The summed E-state index contributed by atoms with van der Waals surface area (Å²) in [5.74, 6) is 0.420. The minimum Gasteiger partial charge on any atom is -0.348 e. The highest BCUT2D eigenvalue weighted by Crippen LogP contribution is 2.18. The normalized spacial score (nSPS) is 15.6. The lowest BCUT2D eigenvalue weighted by Crippen LogP contribution is -2.35. The lowest BCUT2D eigenvalue weighted by molar-refractivity contribution is -0.122. The van der Waals surface area contributed by atoms with Gasteiger partial charge in [0.25, 0.3) is 0 Å². The van der Waals surface area contributed by atoms with Crippen molar-refractivity contribution in [3.05, 3.63) is 46.1 Å². The summed E-state index contributed by atoms with van der Waals surface area (Å²) in [4.78, 5) is 25.1. The van der Waals surface area contributed by atoms with E-state index in [0.29, 0.717) is 6.54 Å². The molecule has 1 aliphatic rings. The second-order valence-corrected chi connectivity index (χ2v) is 9.62. The number of nitrogens with one attached hydrogen (secondary N) is 1. The van der Waals surface area contributed by atoms with Gasteiger partial charge < -0.3 is 5.32 Å². The van der Waals surface area contributed by atoms with Gasteiger partial charge in [-0.25, -0.2) is 22.2 Å². The number of carbonyl (C=O) groups is 1. The monoisotopic (exact) mass is 421 g/mol. The van der Waals surface area contributed by atoms with Gasteiger partial charge in [0.05, 0.1) is 10.9 Å². The fourth-order valence-corrected chi connectivity index (χ4v) is 4.28. The summed E-state index contributed by atoms with van der Waals surface area (Å²) < 4.78 is 28.3. The van der Waals surface area contributed by atoms with Crippen molar-refractivity contribution in [1.29, 1.82) is 0 Å². The van der Waals surface area contributed by atoms with Gasteiger partial charge in [0.15, 0.2) is 0 Å². The molecule has 2 aromatic rings. The number of aromatic nitrogens is 3. The minimum atomic E-state index is -3.49. The van der Waals surface area contributed by atoms with Crippen molar-refractivity contribution < 1.29 is 13.2 Å². The maximum Gasteiger partial charge on any atom is 0.346 e. The van der Waals surface area contributed by atoms with E-state index in [4.69, 9.17) is 0 Å². The molecule has 1 N–H and O–H groups in total. The van der Waals surface area contributed by atoms with E-state index in [1.807, 2.05) is 0 Å². The molecule has 0 spiro atoms. The first-order chi connectivity index (χ1) is 13.7. The molecule has 3 rings (SSSR count). The van der Waals surface area contributed by atoms with Crippen LogP contribution >= 0.6 is 0 Å². The smallest absolute Gasteiger partial charge is 0.346 e. The molecule has 1 unspecified atom stereocenters. The largest absolute Gasteiger partial charge is 0.348 e. The number of sulfonamides is 1. The second-order valence-electron chi connectivity index (χ2n) is 7.46. The topological polar surface area (TPSA) is 106 Å². The van der Waals surface area contributed by atoms with Crippen molar-refractivity contribution in [3.8, 4) is 0 Å². The van der Waals surface area contributed by atoms with Gasteiger partial charge in [0.2, 0.25) is 15.9 Å². The lowest BCUT2D eigenvalue weighted by Gasteiger charge is -2.16. The van der Waals surface area contributed by atoms with Gasteiger partial charge in [-0.1, -0.05) is 18.6 Å². The zero-order valence-corrected chi connectivity index (χ0v) is 17.8. The molecule has 1 aliphatic heterocycles. The minimum absolute atomic E-state index is 0.143. The molecular weight excluding hydrogens is 394 g/mol. The highest BCUT2D eigenvalue weighted by Gasteiger charge is 2.20. The molecule has 0 fully saturated rings. The van der Waals surface area contributed by atoms with Gasteiger partial charge in [0.1, 0.15) is 12.4 Å². The van der Waals surface area contributed by atoms with Gasteiger partial charge in [-0.2, -0.15) is 5.10 Å². The Morgan fingerprint density at radius 1 is 1.21 bits per heavy atom. The number of fused-ring (bicyclic) bond motifs is 1. The van der Waals surface area contributed by atoms with Gasteiger partial charge in [-0.3, -0.25) is 9.36 Å². The summed E-state index contributed by atoms with van der Waals surface area (Å²) in [6.07, 6.45) is 3.78. The summed E-state index contributed by atoms with van der Waals surface area (Å²) in [6, 6.07) is 6.04. The fraction of sp³-hybridized carbons (Fsp3) is 0.526. The van der Waals surface area contributed by atoms with Crippen LogP contribution in [0.4, 0.5) is 0 Å². The van der Waals surface area contributed by atoms with Crippen LogP contribution in [0.25, 0.3) is 0 Å². The van der Waals surface area contributed by atoms with Crippen molar-refractivity contribution in [1.82, 2.24) is 24.0 Å². The molecule has 2 heterocycles.